The summed E-state index contributed by atoms with van der Waals surface area (Å²) >= 11 is 5.69. The SMILES string of the molecule is O=S(=O)(NCCC1CCNC1)c1cc(Cl)ccc1F. The van der Waals surface area contributed by atoms with Crippen LogP contribution in [0.2, 0.25) is 5.02 Å². The van der Waals surface area contributed by atoms with Gasteiger partial charge in [-0.3, -0.25) is 0 Å². The van der Waals surface area contributed by atoms with E-state index in [-0.39, 0.29) is 5.02 Å². The minimum Gasteiger partial charge on any atom is -0.316 e. The topological polar surface area (TPSA) is 58.2 Å². The van der Waals surface area contributed by atoms with Gasteiger partial charge >= 0.3 is 0 Å². The van der Waals surface area contributed by atoms with Crippen LogP contribution in [0.3, 0.4) is 0 Å². The molecule has 1 saturated heterocycles. The summed E-state index contributed by atoms with van der Waals surface area (Å²) in [7, 11) is -3.84. The first kappa shape index (κ1) is 14.7. The van der Waals surface area contributed by atoms with Crippen molar-refractivity contribution in [3.05, 3.63) is 29.0 Å². The van der Waals surface area contributed by atoms with Crippen molar-refractivity contribution in [1.82, 2.24) is 10.0 Å². The first-order chi connectivity index (χ1) is 8.99. The van der Waals surface area contributed by atoms with Crippen molar-refractivity contribution in [3.63, 3.8) is 0 Å². The Kier molecular flexibility index (Phi) is 4.78. The normalized spacial score (nSPS) is 19.8. The van der Waals surface area contributed by atoms with E-state index in [1.54, 1.807) is 0 Å². The van der Waals surface area contributed by atoms with Crippen molar-refractivity contribution in [1.29, 1.82) is 0 Å². The largest absolute Gasteiger partial charge is 0.316 e. The molecule has 0 aliphatic carbocycles. The van der Waals surface area contributed by atoms with Crippen LogP contribution in [0.15, 0.2) is 23.1 Å². The van der Waals surface area contributed by atoms with Crippen LogP contribution in [0.1, 0.15) is 12.8 Å². The van der Waals surface area contributed by atoms with Crippen LogP contribution in [0.25, 0.3) is 0 Å². The minimum absolute atomic E-state index is 0.196. The molecule has 1 unspecified atom stereocenters. The molecule has 7 heteroatoms. The van der Waals surface area contributed by atoms with Crippen molar-refractivity contribution in [2.45, 2.75) is 17.7 Å². The van der Waals surface area contributed by atoms with E-state index < -0.39 is 20.7 Å². The molecule has 4 nitrogen and oxygen atoms in total. The lowest BCUT2D eigenvalue weighted by Crippen LogP contribution is -2.27. The number of benzene rings is 1. The molecule has 2 N–H and O–H groups in total. The quantitative estimate of drug-likeness (QED) is 0.871. The molecule has 106 valence electrons. The smallest absolute Gasteiger partial charge is 0.243 e. The van der Waals surface area contributed by atoms with Crippen molar-refractivity contribution < 1.29 is 12.8 Å². The lowest BCUT2D eigenvalue weighted by atomic mass is 10.1. The molecule has 0 spiro atoms. The Labute approximate surface area is 117 Å². The van der Waals surface area contributed by atoms with Gasteiger partial charge < -0.3 is 5.32 Å². The van der Waals surface area contributed by atoms with Gasteiger partial charge in [-0.05, 0) is 50.0 Å². The average Bonchev–Trinajstić information content (AvgIpc) is 2.85. The highest BCUT2D eigenvalue weighted by molar-refractivity contribution is 7.89. The van der Waals surface area contributed by atoms with E-state index in [9.17, 15) is 12.8 Å². The van der Waals surface area contributed by atoms with E-state index in [2.05, 4.69) is 10.0 Å². The molecule has 1 aliphatic rings. The maximum atomic E-state index is 13.5. The van der Waals surface area contributed by atoms with Gasteiger partial charge in [0.25, 0.3) is 0 Å². The van der Waals surface area contributed by atoms with Gasteiger partial charge in [-0.25, -0.2) is 17.5 Å². The molecule has 1 aromatic rings. The van der Waals surface area contributed by atoms with Crippen molar-refractivity contribution in [2.75, 3.05) is 19.6 Å². The number of hydrogen-bond donors (Lipinski definition) is 2. The lowest BCUT2D eigenvalue weighted by molar-refractivity contribution is 0.515. The third-order valence-electron chi connectivity index (χ3n) is 3.19. The predicted molar refractivity (Wildman–Crippen MR) is 72.2 cm³/mol. The highest BCUT2D eigenvalue weighted by Crippen LogP contribution is 2.19. The standard InChI is InChI=1S/C12H16ClFN2O2S/c13-10-1-2-11(14)12(7-10)19(17,18)16-6-4-9-3-5-15-8-9/h1-2,7,9,15-16H,3-6,8H2. The second-order valence-electron chi connectivity index (χ2n) is 4.62. The molecule has 0 bridgehead atoms. The Hall–Kier alpha value is -0.690. The average molecular weight is 307 g/mol. The summed E-state index contributed by atoms with van der Waals surface area (Å²) in [5, 5.41) is 3.41. The van der Waals surface area contributed by atoms with Crippen LogP contribution in [0.5, 0.6) is 0 Å². The molecule has 1 atom stereocenters. The molecule has 0 saturated carbocycles. The fourth-order valence-corrected chi connectivity index (χ4v) is 3.50. The molecule has 2 rings (SSSR count). The highest BCUT2D eigenvalue weighted by atomic mass is 35.5. The summed E-state index contributed by atoms with van der Waals surface area (Å²) in [5.41, 5.74) is 0. The third kappa shape index (κ3) is 3.89. The molecular weight excluding hydrogens is 291 g/mol. The van der Waals surface area contributed by atoms with Crippen LogP contribution in [0.4, 0.5) is 4.39 Å². The van der Waals surface area contributed by atoms with Gasteiger partial charge in [0, 0.05) is 11.6 Å². The van der Waals surface area contributed by atoms with Gasteiger partial charge in [-0.1, -0.05) is 11.6 Å². The van der Waals surface area contributed by atoms with Crippen molar-refractivity contribution >= 4 is 21.6 Å². The number of nitrogens with one attached hydrogen (secondary N) is 2. The van der Waals surface area contributed by atoms with Gasteiger partial charge in [-0.2, -0.15) is 0 Å². The number of rotatable bonds is 5. The van der Waals surface area contributed by atoms with Crippen LogP contribution in [-0.4, -0.2) is 28.1 Å². The maximum absolute atomic E-state index is 13.5. The van der Waals surface area contributed by atoms with Crippen LogP contribution >= 0.6 is 11.6 Å². The third-order valence-corrected chi connectivity index (χ3v) is 4.90. The molecule has 1 aliphatic heterocycles. The summed E-state index contributed by atoms with van der Waals surface area (Å²) < 4.78 is 39.8. The maximum Gasteiger partial charge on any atom is 0.243 e. The van der Waals surface area contributed by atoms with Crippen LogP contribution in [0, 0.1) is 11.7 Å². The zero-order valence-electron chi connectivity index (χ0n) is 10.3. The summed E-state index contributed by atoms with van der Waals surface area (Å²) in [6, 6.07) is 3.49. The fourth-order valence-electron chi connectivity index (χ4n) is 2.12. The molecule has 1 heterocycles. The van der Waals surface area contributed by atoms with E-state index in [0.717, 1.165) is 38.1 Å². The Morgan fingerprint density at radius 3 is 2.95 bits per heavy atom. The van der Waals surface area contributed by atoms with Crippen LogP contribution < -0.4 is 10.0 Å². The first-order valence-corrected chi connectivity index (χ1v) is 8.00. The molecule has 19 heavy (non-hydrogen) atoms. The molecule has 0 amide bonds. The van der Waals surface area contributed by atoms with Gasteiger partial charge in [0.15, 0.2) is 0 Å². The second-order valence-corrected chi connectivity index (χ2v) is 6.79. The minimum atomic E-state index is -3.84. The molecule has 1 aromatic carbocycles. The van der Waals surface area contributed by atoms with E-state index >= 15 is 0 Å². The number of halogens is 2. The number of sulfonamides is 1. The van der Waals surface area contributed by atoms with Crippen LogP contribution in [-0.2, 0) is 10.0 Å². The summed E-state index contributed by atoms with van der Waals surface area (Å²) in [6.07, 6.45) is 1.79. The van der Waals surface area contributed by atoms with Crippen molar-refractivity contribution in [2.24, 2.45) is 5.92 Å². The molecule has 1 fully saturated rings. The zero-order valence-corrected chi connectivity index (χ0v) is 11.9. The van der Waals surface area contributed by atoms with Gasteiger partial charge in [-0.15, -0.1) is 0 Å². The van der Waals surface area contributed by atoms with Crippen molar-refractivity contribution in [3.8, 4) is 0 Å². The van der Waals surface area contributed by atoms with Gasteiger partial charge in [0.2, 0.25) is 10.0 Å². The van der Waals surface area contributed by atoms with E-state index in [1.807, 2.05) is 0 Å². The predicted octanol–water partition coefficient (Wildman–Crippen LogP) is 1.76. The molecular formula is C12H16ClFN2O2S. The summed E-state index contributed by atoms with van der Waals surface area (Å²) in [5.74, 6) is -0.314. The Balaban J connectivity index is 1.99. The fraction of sp³-hybridized carbons (Fsp3) is 0.500. The zero-order chi connectivity index (χ0) is 13.9. The highest BCUT2D eigenvalue weighted by Gasteiger charge is 2.20. The van der Waals surface area contributed by atoms with Gasteiger partial charge in [0.1, 0.15) is 10.7 Å². The summed E-state index contributed by atoms with van der Waals surface area (Å²) in [6.45, 7) is 2.19. The Bertz CT molecular complexity index is 545. The molecule has 0 radical (unpaired) electrons. The van der Waals surface area contributed by atoms with Gasteiger partial charge in [0.05, 0.1) is 0 Å². The first-order valence-electron chi connectivity index (χ1n) is 6.14. The summed E-state index contributed by atoms with van der Waals surface area (Å²) in [4.78, 5) is -0.399. The monoisotopic (exact) mass is 306 g/mol. The second kappa shape index (κ2) is 6.17. The van der Waals surface area contributed by atoms with E-state index in [1.165, 1.54) is 6.07 Å². The lowest BCUT2D eigenvalue weighted by Gasteiger charge is -2.10. The van der Waals surface area contributed by atoms with E-state index in [0.29, 0.717) is 12.5 Å². The van der Waals surface area contributed by atoms with E-state index in [4.69, 9.17) is 11.6 Å². The Morgan fingerprint density at radius 2 is 2.26 bits per heavy atom. The Morgan fingerprint density at radius 1 is 1.47 bits per heavy atom. The molecule has 0 aromatic heterocycles. The number of hydrogen-bond acceptors (Lipinski definition) is 3.